The van der Waals surface area contributed by atoms with Crippen LogP contribution in [0, 0.1) is 0 Å². The summed E-state index contributed by atoms with van der Waals surface area (Å²) in [4.78, 5) is 43.2. The van der Waals surface area contributed by atoms with Crippen molar-refractivity contribution < 1.29 is 14.3 Å². The van der Waals surface area contributed by atoms with Crippen molar-refractivity contribution in [3.63, 3.8) is 0 Å². The number of para-hydroxylation sites is 2. The summed E-state index contributed by atoms with van der Waals surface area (Å²) in [5.41, 5.74) is 1.54. The van der Waals surface area contributed by atoms with Crippen LogP contribution in [0.2, 0.25) is 0 Å². The van der Waals surface area contributed by atoms with Crippen molar-refractivity contribution >= 4 is 11.8 Å². The molecule has 0 radical (unpaired) electrons. The van der Waals surface area contributed by atoms with E-state index in [0.29, 0.717) is 61.0 Å². The zero-order chi connectivity index (χ0) is 25.9. The van der Waals surface area contributed by atoms with E-state index in [4.69, 9.17) is 4.74 Å². The number of pyridine rings is 1. The van der Waals surface area contributed by atoms with Crippen LogP contribution in [0.15, 0.2) is 77.9 Å². The zero-order valence-electron chi connectivity index (χ0n) is 20.9. The normalized spacial score (nSPS) is 14.5. The van der Waals surface area contributed by atoms with Gasteiger partial charge < -0.3 is 19.1 Å². The summed E-state index contributed by atoms with van der Waals surface area (Å²) < 4.78 is 8.95. The second kappa shape index (κ2) is 10.3. The van der Waals surface area contributed by atoms with E-state index in [1.165, 1.54) is 4.68 Å². The first-order valence-electron chi connectivity index (χ1n) is 12.4. The highest BCUT2D eigenvalue weighted by atomic mass is 16.5. The van der Waals surface area contributed by atoms with Crippen LogP contribution in [0.25, 0.3) is 16.9 Å². The summed E-state index contributed by atoms with van der Waals surface area (Å²) in [5.74, 6) is 0.327. The summed E-state index contributed by atoms with van der Waals surface area (Å²) >= 11 is 0. The second-order valence-corrected chi connectivity index (χ2v) is 9.01. The van der Waals surface area contributed by atoms with E-state index < -0.39 is 6.10 Å². The smallest absolute Gasteiger partial charge is 0.282 e. The van der Waals surface area contributed by atoms with E-state index >= 15 is 0 Å². The molecule has 0 unspecified atom stereocenters. The lowest BCUT2D eigenvalue weighted by Gasteiger charge is -2.36. The molecule has 2 aromatic rings. The lowest BCUT2D eigenvalue weighted by Crippen LogP contribution is -2.53. The Labute approximate surface area is 214 Å². The fourth-order valence-corrected chi connectivity index (χ4v) is 4.55. The quantitative estimate of drug-likeness (QED) is 0.407. The molecule has 1 atom stereocenters. The van der Waals surface area contributed by atoms with Crippen LogP contribution in [0.3, 0.4) is 0 Å². The molecule has 1 fully saturated rings. The van der Waals surface area contributed by atoms with Gasteiger partial charge in [0.05, 0.1) is 16.8 Å². The Kier molecular flexibility index (Phi) is 6.76. The minimum absolute atomic E-state index is 0.112. The largest absolute Gasteiger partial charge is 0.481 e. The molecule has 0 bridgehead atoms. The summed E-state index contributed by atoms with van der Waals surface area (Å²) in [5, 5.41) is 4.54. The van der Waals surface area contributed by atoms with E-state index in [9.17, 15) is 14.4 Å². The van der Waals surface area contributed by atoms with Gasteiger partial charge in [-0.05, 0) is 38.1 Å². The number of carbonyl (C=O) groups is 2. The molecule has 37 heavy (non-hydrogen) atoms. The molecular weight excluding hydrogens is 470 g/mol. The van der Waals surface area contributed by atoms with Gasteiger partial charge in [-0.1, -0.05) is 36.4 Å². The van der Waals surface area contributed by atoms with Gasteiger partial charge in [-0.25, -0.2) is 0 Å². The first-order valence-corrected chi connectivity index (χ1v) is 12.4. The van der Waals surface area contributed by atoms with Gasteiger partial charge in [-0.3, -0.25) is 14.4 Å². The molecule has 5 rings (SSSR count). The highest BCUT2D eigenvalue weighted by molar-refractivity contribution is 6.00. The number of nitrogens with zero attached hydrogens (tertiary/aromatic N) is 5. The Balaban J connectivity index is 1.33. The van der Waals surface area contributed by atoms with Gasteiger partial charge in [-0.15, -0.1) is 0 Å². The van der Waals surface area contributed by atoms with Gasteiger partial charge in [0.25, 0.3) is 17.4 Å². The number of ether oxygens (including phenoxy) is 1. The van der Waals surface area contributed by atoms with Crippen LogP contribution >= 0.6 is 0 Å². The Morgan fingerprint density at radius 2 is 1.54 bits per heavy atom. The molecule has 0 N–H and O–H groups in total. The topological polar surface area (TPSA) is 89.7 Å². The molecule has 3 aliphatic heterocycles. The molecule has 0 spiro atoms. The maximum absolute atomic E-state index is 13.6. The predicted octanol–water partition coefficient (Wildman–Crippen LogP) is 2.91. The third-order valence-corrected chi connectivity index (χ3v) is 6.60. The van der Waals surface area contributed by atoms with Crippen molar-refractivity contribution in [2.24, 2.45) is 0 Å². The molecule has 0 saturated carbocycles. The molecule has 0 aliphatic carbocycles. The van der Waals surface area contributed by atoms with Gasteiger partial charge in [-0.2, -0.15) is 9.78 Å². The van der Waals surface area contributed by atoms with Gasteiger partial charge >= 0.3 is 0 Å². The predicted molar refractivity (Wildman–Crippen MR) is 139 cm³/mol. The van der Waals surface area contributed by atoms with E-state index in [1.54, 1.807) is 41.2 Å². The number of hydrogen-bond donors (Lipinski definition) is 0. The number of piperazine rings is 1. The number of benzene rings is 2. The third kappa shape index (κ3) is 4.84. The molecule has 2 amide bonds. The van der Waals surface area contributed by atoms with Crippen LogP contribution in [0.4, 0.5) is 0 Å². The second-order valence-electron chi connectivity index (χ2n) is 9.01. The molecule has 1 saturated heterocycles. The minimum Gasteiger partial charge on any atom is -0.481 e. The van der Waals surface area contributed by atoms with Crippen LogP contribution in [0.5, 0.6) is 5.75 Å². The number of fused-ring (bicyclic) bond motifs is 1. The van der Waals surface area contributed by atoms with Gasteiger partial charge in [0, 0.05) is 45.1 Å². The monoisotopic (exact) mass is 499 g/mol. The van der Waals surface area contributed by atoms with Crippen LogP contribution in [-0.4, -0.2) is 68.2 Å². The maximum Gasteiger partial charge on any atom is 0.282 e. The first-order chi connectivity index (χ1) is 18.0. The zero-order valence-corrected chi connectivity index (χ0v) is 20.9. The number of carbonyl (C=O) groups excluding carboxylic acids is 2. The summed E-state index contributed by atoms with van der Waals surface area (Å²) in [6.07, 6.45) is 2.87. The fraction of sp³-hybridized carbons (Fsp3) is 0.286. The maximum atomic E-state index is 13.6. The van der Waals surface area contributed by atoms with Crippen molar-refractivity contribution in [1.82, 2.24) is 24.1 Å². The lowest BCUT2D eigenvalue weighted by atomic mass is 10.1. The van der Waals surface area contributed by atoms with Crippen molar-refractivity contribution in [1.29, 1.82) is 0 Å². The molecule has 3 aliphatic rings. The van der Waals surface area contributed by atoms with E-state index in [1.807, 2.05) is 60.0 Å². The van der Waals surface area contributed by atoms with Crippen LogP contribution < -0.4 is 10.3 Å². The average molecular weight is 500 g/mol. The summed E-state index contributed by atoms with van der Waals surface area (Å²) in [6.45, 7) is 5.87. The highest BCUT2D eigenvalue weighted by Crippen LogP contribution is 2.24. The third-order valence-electron chi connectivity index (χ3n) is 6.60. The number of hydrogen-bond acceptors (Lipinski definition) is 5. The SMILES string of the molecule is CCn1cc(C(=O)N2CCN(C(=O)[C@H](C)Oc3ccccc3)CC2)c2nn(-c3ccccc3)c(=O)c-2c1. The molecule has 3 heterocycles. The van der Waals surface area contributed by atoms with E-state index in [0.717, 1.165) is 0 Å². The number of rotatable bonds is 6. The van der Waals surface area contributed by atoms with E-state index in [2.05, 4.69) is 5.10 Å². The summed E-state index contributed by atoms with van der Waals surface area (Å²) in [6, 6.07) is 18.4. The average Bonchev–Trinajstić information content (AvgIpc) is 3.29. The van der Waals surface area contributed by atoms with Crippen molar-refractivity contribution in [3.8, 4) is 22.7 Å². The van der Waals surface area contributed by atoms with Crippen molar-refractivity contribution in [2.75, 3.05) is 26.2 Å². The number of aromatic nitrogens is 3. The molecule has 9 nitrogen and oxygen atoms in total. The molecule has 9 heteroatoms. The standard InChI is InChI=1S/C28H29N5O4/c1-3-30-18-23(25-24(19-30)28(36)33(29-25)21-10-6-4-7-11-21)27(35)32-16-14-31(15-17-32)26(34)20(2)37-22-12-8-5-9-13-22/h4-13,18-20H,3,14-17H2,1-2H3/t20-/m0/s1. The van der Waals surface area contributed by atoms with Gasteiger partial charge in [0.2, 0.25) is 0 Å². The van der Waals surface area contributed by atoms with Gasteiger partial charge in [0.15, 0.2) is 6.10 Å². The first kappa shape index (κ1) is 24.3. The lowest BCUT2D eigenvalue weighted by molar-refractivity contribution is -0.139. The molecular formula is C28H29N5O4. The Hall–Kier alpha value is -4.40. The Morgan fingerprint density at radius 1 is 0.919 bits per heavy atom. The molecule has 2 aromatic carbocycles. The number of aryl methyl sites for hydroxylation is 1. The fourth-order valence-electron chi connectivity index (χ4n) is 4.55. The highest BCUT2D eigenvalue weighted by Gasteiger charge is 2.31. The Bertz CT molecular complexity index is 1420. The van der Waals surface area contributed by atoms with Gasteiger partial charge in [0.1, 0.15) is 11.4 Å². The van der Waals surface area contributed by atoms with Crippen LogP contribution in [-0.2, 0) is 11.3 Å². The van der Waals surface area contributed by atoms with Crippen LogP contribution in [0.1, 0.15) is 24.2 Å². The van der Waals surface area contributed by atoms with Crippen molar-refractivity contribution in [3.05, 3.63) is 89.0 Å². The number of amides is 2. The molecule has 190 valence electrons. The summed E-state index contributed by atoms with van der Waals surface area (Å²) in [7, 11) is 0. The van der Waals surface area contributed by atoms with Crippen molar-refractivity contribution in [2.45, 2.75) is 26.5 Å². The minimum atomic E-state index is -0.626. The van der Waals surface area contributed by atoms with E-state index in [-0.39, 0.29) is 17.4 Å². The Morgan fingerprint density at radius 3 is 2.19 bits per heavy atom. The molecule has 0 aromatic heterocycles.